The summed E-state index contributed by atoms with van der Waals surface area (Å²) in [6.45, 7) is 8.98. The summed E-state index contributed by atoms with van der Waals surface area (Å²) < 4.78 is 78.2. The van der Waals surface area contributed by atoms with Crippen LogP contribution in [0.1, 0.15) is 141 Å². The number of aromatic nitrogens is 2. The second-order valence-electron chi connectivity index (χ2n) is 28.6. The number of aryl methyl sites for hydroxylation is 1. The van der Waals surface area contributed by atoms with Crippen molar-refractivity contribution in [1.82, 2.24) is 14.7 Å². The van der Waals surface area contributed by atoms with Crippen LogP contribution in [0.15, 0.2) is 194 Å². The molecule has 19 nitrogen and oxygen atoms in total. The van der Waals surface area contributed by atoms with Gasteiger partial charge in [0.2, 0.25) is 0 Å². The number of hydrogen-bond acceptors (Lipinski definition) is 21. The van der Waals surface area contributed by atoms with Gasteiger partial charge in [-0.3, -0.25) is 34.2 Å². The number of thiophene rings is 4. The predicted octanol–water partition coefficient (Wildman–Crippen LogP) is 25.5. The first kappa shape index (κ1) is 101. The summed E-state index contributed by atoms with van der Waals surface area (Å²) in [5.74, 6) is -3.48. The summed E-state index contributed by atoms with van der Waals surface area (Å²) in [4.78, 5) is 82.4. The van der Waals surface area contributed by atoms with Gasteiger partial charge in [-0.05, 0) is 171 Å². The molecule has 0 radical (unpaired) electrons. The fourth-order valence-electron chi connectivity index (χ4n) is 12.7. The Labute approximate surface area is 797 Å². The maximum absolute atomic E-state index is 12.8. The zero-order chi connectivity index (χ0) is 94.2. The Hall–Kier alpha value is -10.4. The van der Waals surface area contributed by atoms with Gasteiger partial charge in [0.1, 0.15) is 35.2 Å². The van der Waals surface area contributed by atoms with Gasteiger partial charge in [-0.25, -0.2) is 14.4 Å². The number of Topliss-reactive ketones (excluding diaryl/α,β-unsaturated/α-hetero) is 1. The minimum absolute atomic E-state index is 0.000298. The molecular weight excluding hydrogens is 1930 g/mol. The zero-order valence-electron chi connectivity index (χ0n) is 68.2. The normalized spacial score (nSPS) is 12.5. The van der Waals surface area contributed by atoms with Gasteiger partial charge in [0.05, 0.1) is 108 Å². The quantitative estimate of drug-likeness (QED) is 0.0109. The van der Waals surface area contributed by atoms with Gasteiger partial charge < -0.3 is 40.6 Å². The van der Waals surface area contributed by atoms with Crippen molar-refractivity contribution in [2.24, 2.45) is 27.0 Å². The van der Waals surface area contributed by atoms with E-state index in [1.54, 1.807) is 116 Å². The van der Waals surface area contributed by atoms with Crippen LogP contribution in [-0.4, -0.2) is 157 Å². The highest BCUT2D eigenvalue weighted by Gasteiger charge is 2.33. The average Bonchev–Trinajstić information content (AvgIpc) is 1.62. The number of carboxylic acids is 3. The van der Waals surface area contributed by atoms with E-state index in [0.717, 1.165) is 89.4 Å². The Morgan fingerprint density at radius 2 is 0.814 bits per heavy atom. The summed E-state index contributed by atoms with van der Waals surface area (Å²) in [6, 6.07) is 38.7. The van der Waals surface area contributed by atoms with Crippen molar-refractivity contribution in [3.63, 3.8) is 0 Å². The lowest BCUT2D eigenvalue weighted by Gasteiger charge is -2.13. The van der Waals surface area contributed by atoms with Crippen LogP contribution >= 0.6 is 152 Å². The monoisotopic (exact) mass is 2000 g/mol. The number of carbonyl (C=O) groups is 5. The lowest BCUT2D eigenvalue weighted by atomic mass is 10.1. The number of nitrogens with zero attached hydrogens (tertiary/aromatic N) is 7. The maximum atomic E-state index is 12.8. The molecule has 13 rings (SSSR count). The summed E-state index contributed by atoms with van der Waals surface area (Å²) in [5, 5.41) is 81.4. The third kappa shape index (κ3) is 26.7. The first-order valence-electron chi connectivity index (χ1n) is 38.3. The molecule has 1 aliphatic rings. The molecule has 1 saturated heterocycles. The fraction of sp³-hybridized carbons (Fsp3) is 0.198. The highest BCUT2D eigenvalue weighted by Crippen LogP contribution is 2.45. The molecule has 1 amide bonds. The minimum Gasteiger partial charge on any atom is -0.506 e. The van der Waals surface area contributed by atoms with E-state index in [9.17, 15) is 70.7 Å². The van der Waals surface area contributed by atoms with Crippen LogP contribution in [0.4, 0.5) is 26.3 Å². The van der Waals surface area contributed by atoms with E-state index in [1.165, 1.54) is 81.2 Å². The average molecular weight is 2010 g/mol. The van der Waals surface area contributed by atoms with Crippen LogP contribution < -0.4 is 0 Å². The minimum atomic E-state index is -4.45. The second-order valence-corrected chi connectivity index (χ2v) is 36.5. The summed E-state index contributed by atoms with van der Waals surface area (Å²) in [7, 11) is 1.57. The van der Waals surface area contributed by atoms with Crippen molar-refractivity contribution in [2.45, 2.75) is 72.2 Å². The maximum Gasteiger partial charge on any atom is 0.416 e. The van der Waals surface area contributed by atoms with Crippen molar-refractivity contribution in [2.75, 3.05) is 39.3 Å². The van der Waals surface area contributed by atoms with E-state index >= 15 is 0 Å². The van der Waals surface area contributed by atoms with Crippen LogP contribution in [0.3, 0.4) is 0 Å². The molecule has 6 heterocycles. The number of aromatic carboxylic acids is 3. The Morgan fingerprint density at radius 1 is 0.426 bits per heavy atom. The molecule has 38 heteroatoms. The van der Waals surface area contributed by atoms with E-state index < -0.39 is 41.4 Å². The number of aromatic hydroxyl groups is 4. The second kappa shape index (κ2) is 44.9. The zero-order valence-corrected chi connectivity index (χ0v) is 78.5. The van der Waals surface area contributed by atoms with E-state index in [0.29, 0.717) is 136 Å². The van der Waals surface area contributed by atoms with Gasteiger partial charge >= 0.3 is 30.3 Å². The molecule has 670 valence electrons. The number of carbonyl (C=O) groups excluding carboxylic acids is 2. The smallest absolute Gasteiger partial charge is 0.416 e. The summed E-state index contributed by atoms with van der Waals surface area (Å²) in [6.07, 6.45) is -5.66. The molecule has 0 aliphatic carbocycles. The first-order valence-corrected chi connectivity index (χ1v) is 45.2. The number of rotatable bonds is 27. The van der Waals surface area contributed by atoms with Gasteiger partial charge in [-0.15, -0.1) is 45.3 Å². The molecule has 12 aromatic rings. The highest BCUT2D eigenvalue weighted by atomic mass is 35.5. The van der Waals surface area contributed by atoms with E-state index in [2.05, 4.69) is 25.1 Å². The van der Waals surface area contributed by atoms with Crippen molar-refractivity contribution in [3.05, 3.63) is 281 Å². The molecule has 0 saturated carbocycles. The van der Waals surface area contributed by atoms with Crippen LogP contribution in [0.2, 0.25) is 30.1 Å². The molecule has 1 fully saturated rings. The van der Waals surface area contributed by atoms with Gasteiger partial charge in [0.25, 0.3) is 5.91 Å². The van der Waals surface area contributed by atoms with Gasteiger partial charge in [0, 0.05) is 110 Å². The molecular formula is C91H73Cl6F6N7O12S7. The third-order valence-corrected chi connectivity index (χ3v) is 26.6. The number of ketones is 1. The fourth-order valence-corrected chi connectivity index (χ4v) is 18.4. The van der Waals surface area contributed by atoms with E-state index in [4.69, 9.17) is 122 Å². The Morgan fingerprint density at radius 3 is 1.22 bits per heavy atom. The molecule has 5 aromatic heterocycles. The molecule has 7 N–H and O–H groups in total. The summed E-state index contributed by atoms with van der Waals surface area (Å²) in [5.41, 5.74) is 7.76. The molecule has 129 heavy (non-hydrogen) atoms. The molecule has 7 aromatic carbocycles. The van der Waals surface area contributed by atoms with Crippen molar-refractivity contribution in [3.8, 4) is 65.6 Å². The lowest BCUT2D eigenvalue weighted by molar-refractivity contribution is -0.138. The van der Waals surface area contributed by atoms with Crippen molar-refractivity contribution in [1.29, 1.82) is 0 Å². The number of alkyl halides is 6. The molecule has 0 unspecified atom stereocenters. The van der Waals surface area contributed by atoms with Crippen LogP contribution in [0, 0.1) is 0 Å². The standard InChI is InChI=1S/C24H21F3N2O3S2.C23H19ClF3N3O3S.C22H16Cl3NO3S2.C22H17Cl2NO3S2/c1-14(17-13-33-22(21(17)31)15-4-6-16(7-5-15)24(25,26)27)28-12-18(30)19-8-9-20(34-19)23(32)29-10-2-3-11-29;1-12(28-11-16(34)9-13-3-8-17(22(32)33)18(24)10-13)19-21(31)20(30(2)29-19)14-4-6-15(7-5-14)23(25,26)27;1-11(16-10-31-21(20(16)27)13-3-5-17(23)19(25)8-13)26-9-14(30)6-12-2-4-15(22(28)29)18(24)7-12;1-12(25-10-16(29)8-13-3-2-4-15(7-13)22(27)28)17-11-30-21(20(17)26)14-5-6-18(23)19(24)9-14/h4-9,13,31H,2-3,10-12H2,1H3;3-8,10,31H,9,11H2,1-2H3,(H,32,33);2-5,7-8,10,27H,6,9H2,1H3,(H,28,29);2-7,9,11,26H,8,10H2,1H3,(H,27,28). The lowest BCUT2D eigenvalue weighted by Crippen LogP contribution is -2.26. The Kier molecular flexibility index (Phi) is 35.1. The van der Waals surface area contributed by atoms with E-state index in [-0.39, 0.29) is 92.4 Å². The van der Waals surface area contributed by atoms with E-state index in [1.807, 2.05) is 30.7 Å². The number of benzene rings is 7. The molecule has 0 spiro atoms. The first-order chi connectivity index (χ1) is 61.0. The SMILES string of the molecule is CC(=NCC(=O)c1ccc(C(=O)N2CCCC2)s1)c1csc(-c2ccc(C(F)(F)F)cc2)c1O.CC(=NCC(=S)Cc1ccc(C(=O)O)c(Cl)c1)c1csc(-c2ccc(Cl)c(Cl)c2)c1O.CC(=NCC(=S)Cc1ccc(C(=O)O)c(Cl)c1)c1nn(C)c(-c2ccc(C(F)(F)F)cc2)c1O.CC(=NCC(=S)Cc1cccc(C(=O)O)c1)c1csc(-c2ccc(Cl)c(Cl)c2)c1O. The highest BCUT2D eigenvalue weighted by molar-refractivity contribution is 7.80. The largest absolute Gasteiger partial charge is 0.506 e. The van der Waals surface area contributed by atoms with Crippen LogP contribution in [-0.2, 0) is 38.7 Å². The number of thiocarbonyl (C=S) groups is 3. The topological polar surface area (TPSA) is 297 Å². The molecule has 1 aliphatic heterocycles. The van der Waals surface area contributed by atoms with Gasteiger partial charge in [0.15, 0.2) is 11.5 Å². The van der Waals surface area contributed by atoms with Crippen LogP contribution in [0.25, 0.3) is 42.6 Å². The number of hydrogen-bond donors (Lipinski definition) is 7. The molecule has 0 atom stereocenters. The predicted molar refractivity (Wildman–Crippen MR) is 516 cm³/mol. The van der Waals surface area contributed by atoms with Crippen molar-refractivity contribution >= 4 is 219 Å². The Bertz CT molecular complexity index is 6420. The number of carboxylic acid groups (broad SMARTS) is 3. The number of halogens is 12. The van der Waals surface area contributed by atoms with Crippen LogP contribution in [0.5, 0.6) is 23.0 Å². The number of likely N-dealkylation sites (tertiary alicyclic amines) is 1. The van der Waals surface area contributed by atoms with Crippen molar-refractivity contribution < 1.29 is 86.1 Å². The van der Waals surface area contributed by atoms with Gasteiger partial charge in [-0.1, -0.05) is 167 Å². The number of aliphatic imine (C=N–C) groups is 4. The summed E-state index contributed by atoms with van der Waals surface area (Å²) >= 11 is 57.4. The Balaban J connectivity index is 0.000000179. The molecule has 0 bridgehead atoms. The number of amides is 1. The third-order valence-electron chi connectivity index (χ3n) is 19.5. The van der Waals surface area contributed by atoms with Gasteiger partial charge in [-0.2, -0.15) is 31.4 Å².